The van der Waals surface area contributed by atoms with Crippen molar-refractivity contribution >= 4 is 24.2 Å². The van der Waals surface area contributed by atoms with Crippen molar-refractivity contribution in [3.8, 4) is 11.5 Å². The standard InChI is InChI=1S/C27H41NO10/c1-7-8-9-24(29)36-19(6)16-33-25(30)21(28)12-20-10-11-22(37-26(31)34-14-17(2)3)23(13-20)38-27(32)35-15-18(4)5/h10-11,13,17-19,21H,7-9,12,14-16,28H2,1-6H3/t19-,21-/m0/s1. The van der Waals surface area contributed by atoms with Crippen molar-refractivity contribution in [2.75, 3.05) is 19.8 Å². The van der Waals surface area contributed by atoms with Gasteiger partial charge in [0, 0.05) is 6.42 Å². The highest BCUT2D eigenvalue weighted by Crippen LogP contribution is 2.30. The number of carbonyl (C=O) groups is 4. The van der Waals surface area contributed by atoms with Crippen LogP contribution in [0.5, 0.6) is 11.5 Å². The molecule has 0 saturated carbocycles. The van der Waals surface area contributed by atoms with Gasteiger partial charge in [-0.3, -0.25) is 9.59 Å². The molecule has 1 rings (SSSR count). The van der Waals surface area contributed by atoms with E-state index >= 15 is 0 Å². The average molecular weight is 540 g/mol. The van der Waals surface area contributed by atoms with Gasteiger partial charge in [-0.15, -0.1) is 0 Å². The van der Waals surface area contributed by atoms with E-state index in [2.05, 4.69) is 0 Å². The van der Waals surface area contributed by atoms with Crippen LogP contribution in [0.15, 0.2) is 18.2 Å². The van der Waals surface area contributed by atoms with E-state index in [4.69, 9.17) is 34.2 Å². The Balaban J connectivity index is 2.83. The molecule has 0 spiro atoms. The van der Waals surface area contributed by atoms with Crippen molar-refractivity contribution in [1.82, 2.24) is 0 Å². The third-order valence-electron chi connectivity index (χ3n) is 4.75. The summed E-state index contributed by atoms with van der Waals surface area (Å²) in [5, 5.41) is 0. The van der Waals surface area contributed by atoms with Gasteiger partial charge in [0.1, 0.15) is 18.8 Å². The fraction of sp³-hybridized carbons (Fsp3) is 0.630. The molecular formula is C27H41NO10. The maximum atomic E-state index is 12.4. The molecule has 0 aromatic heterocycles. The van der Waals surface area contributed by atoms with Crippen LogP contribution in [0.25, 0.3) is 0 Å². The van der Waals surface area contributed by atoms with Gasteiger partial charge in [0.05, 0.1) is 13.2 Å². The Kier molecular flexibility index (Phi) is 14.8. The molecule has 2 N–H and O–H groups in total. The Labute approximate surface area is 224 Å². The first-order valence-corrected chi connectivity index (χ1v) is 12.8. The quantitative estimate of drug-likeness (QED) is 0.190. The van der Waals surface area contributed by atoms with Gasteiger partial charge in [0.25, 0.3) is 0 Å². The van der Waals surface area contributed by atoms with Gasteiger partial charge in [0.15, 0.2) is 11.5 Å². The van der Waals surface area contributed by atoms with Crippen LogP contribution in [-0.2, 0) is 35.0 Å². The molecule has 0 amide bonds. The van der Waals surface area contributed by atoms with Crippen LogP contribution in [0, 0.1) is 11.8 Å². The number of benzene rings is 1. The number of hydrogen-bond donors (Lipinski definition) is 1. The maximum Gasteiger partial charge on any atom is 0.513 e. The first-order chi connectivity index (χ1) is 17.9. The minimum atomic E-state index is -1.05. The van der Waals surface area contributed by atoms with E-state index in [0.717, 1.165) is 12.8 Å². The topological polar surface area (TPSA) is 150 Å². The Morgan fingerprint density at radius 1 is 0.816 bits per heavy atom. The molecule has 0 radical (unpaired) electrons. The lowest BCUT2D eigenvalue weighted by Gasteiger charge is -2.17. The zero-order chi connectivity index (χ0) is 28.7. The second-order valence-electron chi connectivity index (χ2n) is 9.74. The first kappa shape index (κ1) is 32.7. The molecular weight excluding hydrogens is 498 g/mol. The Hall–Kier alpha value is -3.34. The van der Waals surface area contributed by atoms with Crippen LogP contribution in [0.1, 0.15) is 66.4 Å². The number of hydrogen-bond acceptors (Lipinski definition) is 11. The summed E-state index contributed by atoms with van der Waals surface area (Å²) in [6.45, 7) is 11.2. The molecule has 38 heavy (non-hydrogen) atoms. The van der Waals surface area contributed by atoms with Crippen molar-refractivity contribution in [1.29, 1.82) is 0 Å². The molecule has 0 fully saturated rings. The summed E-state index contributed by atoms with van der Waals surface area (Å²) in [7, 11) is 0. The fourth-order valence-corrected chi connectivity index (χ4v) is 2.83. The normalized spacial score (nSPS) is 12.4. The van der Waals surface area contributed by atoms with Crippen LogP contribution < -0.4 is 15.2 Å². The second-order valence-corrected chi connectivity index (χ2v) is 9.74. The van der Waals surface area contributed by atoms with Gasteiger partial charge in [-0.25, -0.2) is 9.59 Å². The molecule has 214 valence electrons. The van der Waals surface area contributed by atoms with Crippen molar-refractivity contribution in [3.05, 3.63) is 23.8 Å². The van der Waals surface area contributed by atoms with Gasteiger partial charge in [-0.2, -0.15) is 0 Å². The van der Waals surface area contributed by atoms with E-state index < -0.39 is 30.4 Å². The molecule has 0 unspecified atom stereocenters. The maximum absolute atomic E-state index is 12.4. The molecule has 0 bridgehead atoms. The predicted octanol–water partition coefficient (Wildman–Crippen LogP) is 4.56. The van der Waals surface area contributed by atoms with Crippen molar-refractivity contribution in [3.63, 3.8) is 0 Å². The molecule has 11 heteroatoms. The highest BCUT2D eigenvalue weighted by molar-refractivity contribution is 5.76. The van der Waals surface area contributed by atoms with E-state index in [1.807, 2.05) is 34.6 Å². The van der Waals surface area contributed by atoms with E-state index in [-0.39, 0.29) is 55.5 Å². The molecule has 0 aliphatic carbocycles. The number of carbonyl (C=O) groups excluding carboxylic acids is 4. The number of ether oxygens (including phenoxy) is 6. The lowest BCUT2D eigenvalue weighted by molar-refractivity contribution is -0.158. The minimum absolute atomic E-state index is 0.0268. The third kappa shape index (κ3) is 13.8. The smallest absolute Gasteiger partial charge is 0.461 e. The van der Waals surface area contributed by atoms with Gasteiger partial charge in [-0.1, -0.05) is 47.1 Å². The van der Waals surface area contributed by atoms with Gasteiger partial charge >= 0.3 is 24.2 Å². The Bertz CT molecular complexity index is 915. The van der Waals surface area contributed by atoms with Gasteiger partial charge in [-0.05, 0) is 49.3 Å². The van der Waals surface area contributed by atoms with Crippen molar-refractivity contribution < 1.29 is 47.6 Å². The molecule has 11 nitrogen and oxygen atoms in total. The molecule has 0 aliphatic rings. The van der Waals surface area contributed by atoms with Gasteiger partial charge < -0.3 is 34.2 Å². The van der Waals surface area contributed by atoms with Crippen LogP contribution in [0.2, 0.25) is 0 Å². The Morgan fingerprint density at radius 2 is 1.39 bits per heavy atom. The fourth-order valence-electron chi connectivity index (χ4n) is 2.83. The highest BCUT2D eigenvalue weighted by Gasteiger charge is 2.21. The highest BCUT2D eigenvalue weighted by atomic mass is 16.7. The molecule has 0 heterocycles. The van der Waals surface area contributed by atoms with Crippen molar-refractivity contribution in [2.24, 2.45) is 17.6 Å². The van der Waals surface area contributed by atoms with E-state index in [0.29, 0.717) is 12.0 Å². The summed E-state index contributed by atoms with van der Waals surface area (Å²) in [6, 6.07) is 3.31. The van der Waals surface area contributed by atoms with Gasteiger partial charge in [0.2, 0.25) is 0 Å². The summed E-state index contributed by atoms with van der Waals surface area (Å²) in [5.41, 5.74) is 6.50. The third-order valence-corrected chi connectivity index (χ3v) is 4.75. The predicted molar refractivity (Wildman–Crippen MR) is 138 cm³/mol. The van der Waals surface area contributed by atoms with Crippen LogP contribution in [0.4, 0.5) is 9.59 Å². The number of nitrogens with two attached hydrogens (primary N) is 1. The number of rotatable bonds is 15. The summed E-state index contributed by atoms with van der Waals surface area (Å²) in [4.78, 5) is 48.3. The van der Waals surface area contributed by atoms with Crippen LogP contribution in [0.3, 0.4) is 0 Å². The number of unbranched alkanes of at least 4 members (excludes halogenated alkanes) is 1. The first-order valence-electron chi connectivity index (χ1n) is 12.8. The lowest BCUT2D eigenvalue weighted by atomic mass is 10.1. The molecule has 0 aliphatic heterocycles. The zero-order valence-electron chi connectivity index (χ0n) is 23.2. The molecule has 0 saturated heterocycles. The Morgan fingerprint density at radius 3 is 1.95 bits per heavy atom. The second kappa shape index (κ2) is 17.2. The van der Waals surface area contributed by atoms with E-state index in [9.17, 15) is 19.2 Å². The minimum Gasteiger partial charge on any atom is -0.461 e. The summed E-state index contributed by atoms with van der Waals surface area (Å²) in [5.74, 6) is -1.04. The monoisotopic (exact) mass is 539 g/mol. The number of esters is 2. The van der Waals surface area contributed by atoms with Crippen LogP contribution >= 0.6 is 0 Å². The summed E-state index contributed by atoms with van der Waals surface area (Å²) < 4.78 is 30.9. The summed E-state index contributed by atoms with van der Waals surface area (Å²) >= 11 is 0. The van der Waals surface area contributed by atoms with Crippen LogP contribution in [-0.4, -0.2) is 56.2 Å². The summed E-state index contributed by atoms with van der Waals surface area (Å²) in [6.07, 6.45) is -0.634. The molecule has 1 aromatic carbocycles. The molecule has 2 atom stereocenters. The van der Waals surface area contributed by atoms with E-state index in [1.165, 1.54) is 12.1 Å². The zero-order valence-corrected chi connectivity index (χ0v) is 23.2. The average Bonchev–Trinajstić information content (AvgIpc) is 2.84. The SMILES string of the molecule is CCCCC(=O)O[C@@H](C)COC(=O)[C@@H](N)Cc1ccc(OC(=O)OCC(C)C)c(OC(=O)OCC(C)C)c1. The van der Waals surface area contributed by atoms with Crippen molar-refractivity contribution in [2.45, 2.75) is 79.4 Å². The van der Waals surface area contributed by atoms with E-state index in [1.54, 1.807) is 13.0 Å². The largest absolute Gasteiger partial charge is 0.513 e. The lowest BCUT2D eigenvalue weighted by Crippen LogP contribution is -2.36. The molecule has 1 aromatic rings.